The Morgan fingerprint density at radius 1 is 1.30 bits per heavy atom. The van der Waals surface area contributed by atoms with Crippen LogP contribution in [0.2, 0.25) is 0 Å². The highest BCUT2D eigenvalue weighted by Crippen LogP contribution is 2.26. The third-order valence-corrected chi connectivity index (χ3v) is 4.58. The van der Waals surface area contributed by atoms with Crippen LogP contribution in [-0.2, 0) is 4.79 Å². The summed E-state index contributed by atoms with van der Waals surface area (Å²) in [6, 6.07) is 6.56. The first-order valence-corrected chi connectivity index (χ1v) is 7.89. The van der Waals surface area contributed by atoms with Crippen LogP contribution in [0.5, 0.6) is 5.75 Å². The van der Waals surface area contributed by atoms with Crippen LogP contribution in [0.25, 0.3) is 0 Å². The molecule has 0 amide bonds. The number of quaternary nitrogens is 1. The van der Waals surface area contributed by atoms with Gasteiger partial charge in [0.15, 0.2) is 5.78 Å². The van der Waals surface area contributed by atoms with Crippen LogP contribution < -0.4 is 17.7 Å². The normalized spacial score (nSPS) is 23.7. The molecule has 0 spiro atoms. The van der Waals surface area contributed by atoms with Crippen molar-refractivity contribution in [2.75, 3.05) is 6.54 Å². The zero-order valence-electron chi connectivity index (χ0n) is 13.9. The minimum atomic E-state index is -0.619. The topological polar surface area (TPSA) is 74.1 Å². The minimum absolute atomic E-state index is 0. The molecule has 5 heteroatoms. The van der Waals surface area contributed by atoms with Crippen molar-refractivity contribution in [2.24, 2.45) is 11.8 Å². The molecule has 4 nitrogen and oxygen atoms in total. The van der Waals surface area contributed by atoms with E-state index in [9.17, 15) is 15.0 Å². The van der Waals surface area contributed by atoms with Gasteiger partial charge in [-0.2, -0.15) is 0 Å². The highest BCUT2D eigenvalue weighted by molar-refractivity contribution is 5.93. The fourth-order valence-corrected chi connectivity index (χ4v) is 3.15. The third kappa shape index (κ3) is 5.06. The molecule has 0 heterocycles. The number of allylic oxidation sites excluding steroid dienone is 2. The van der Waals surface area contributed by atoms with Crippen molar-refractivity contribution < 1.29 is 32.7 Å². The summed E-state index contributed by atoms with van der Waals surface area (Å²) in [4.78, 5) is 12.1. The molecule has 128 valence electrons. The third-order valence-electron chi connectivity index (χ3n) is 4.58. The van der Waals surface area contributed by atoms with E-state index in [1.165, 1.54) is 0 Å². The summed E-state index contributed by atoms with van der Waals surface area (Å²) in [5.41, 5.74) is 1.94. The highest BCUT2D eigenvalue weighted by Gasteiger charge is 2.30. The monoisotopic (exact) mass is 339 g/mol. The molecule has 4 unspecified atom stereocenters. The van der Waals surface area contributed by atoms with Crippen LogP contribution in [0, 0.1) is 11.8 Å². The number of aliphatic hydroxyl groups excluding tert-OH is 1. The predicted octanol–water partition coefficient (Wildman–Crippen LogP) is -1.45. The Hall–Kier alpha value is -1.36. The van der Waals surface area contributed by atoms with Gasteiger partial charge in [-0.25, -0.2) is 0 Å². The molecule has 0 radical (unpaired) electrons. The summed E-state index contributed by atoms with van der Waals surface area (Å²) in [7, 11) is 0. The van der Waals surface area contributed by atoms with Gasteiger partial charge in [-0.05, 0) is 50.0 Å². The van der Waals surface area contributed by atoms with Crippen LogP contribution >= 0.6 is 0 Å². The van der Waals surface area contributed by atoms with Crippen LogP contribution in [0.4, 0.5) is 0 Å². The standard InChI is InChI=1S/C18H25NO3.ClH/c1-11-8-12(2)16(17(21)9-11)10-19-13(3)18(22)14-4-6-15(20)7-5-14;/h4-7,9,12-13,16,18-20,22H,8,10H2,1-3H3;1H. The van der Waals surface area contributed by atoms with Gasteiger partial charge in [-0.15, -0.1) is 0 Å². The maximum absolute atomic E-state index is 12.1. The fraction of sp³-hybridized carbons (Fsp3) is 0.500. The average molecular weight is 340 g/mol. The number of carbonyl (C=O) groups is 1. The molecule has 4 N–H and O–H groups in total. The van der Waals surface area contributed by atoms with E-state index in [4.69, 9.17) is 0 Å². The summed E-state index contributed by atoms with van der Waals surface area (Å²) < 4.78 is 0. The lowest BCUT2D eigenvalue weighted by Crippen LogP contribution is -3.00. The lowest BCUT2D eigenvalue weighted by Gasteiger charge is -2.27. The van der Waals surface area contributed by atoms with Gasteiger partial charge in [-0.1, -0.05) is 24.6 Å². The number of phenols is 1. The summed E-state index contributed by atoms with van der Waals surface area (Å²) >= 11 is 0. The number of halogens is 1. The van der Waals surface area contributed by atoms with E-state index in [2.05, 4.69) is 6.92 Å². The van der Waals surface area contributed by atoms with Gasteiger partial charge in [0.25, 0.3) is 0 Å². The number of carbonyl (C=O) groups excluding carboxylic acids is 1. The zero-order chi connectivity index (χ0) is 16.3. The lowest BCUT2D eigenvalue weighted by atomic mass is 9.80. The van der Waals surface area contributed by atoms with E-state index < -0.39 is 6.10 Å². The first-order valence-electron chi connectivity index (χ1n) is 7.89. The molecular weight excluding hydrogens is 314 g/mol. The summed E-state index contributed by atoms with van der Waals surface area (Å²) in [6.45, 7) is 6.77. The first-order chi connectivity index (χ1) is 10.4. The number of nitrogens with two attached hydrogens (primary N) is 1. The Bertz CT molecular complexity index is 556. The van der Waals surface area contributed by atoms with Crippen molar-refractivity contribution in [2.45, 2.75) is 39.3 Å². The van der Waals surface area contributed by atoms with Gasteiger partial charge in [0.05, 0.1) is 12.5 Å². The van der Waals surface area contributed by atoms with Crippen molar-refractivity contribution >= 4 is 5.78 Å². The van der Waals surface area contributed by atoms with E-state index >= 15 is 0 Å². The smallest absolute Gasteiger partial charge is 0.164 e. The molecular formula is C18H26ClNO3. The fourth-order valence-electron chi connectivity index (χ4n) is 3.15. The first kappa shape index (κ1) is 19.7. The maximum Gasteiger partial charge on any atom is 0.164 e. The summed E-state index contributed by atoms with van der Waals surface area (Å²) in [5.74, 6) is 0.778. The van der Waals surface area contributed by atoms with E-state index in [1.54, 1.807) is 30.3 Å². The van der Waals surface area contributed by atoms with Crippen molar-refractivity contribution in [1.82, 2.24) is 0 Å². The molecule has 0 aliphatic heterocycles. The van der Waals surface area contributed by atoms with Gasteiger partial charge < -0.3 is 27.9 Å². The molecule has 0 saturated carbocycles. The van der Waals surface area contributed by atoms with Gasteiger partial charge in [-0.3, -0.25) is 4.79 Å². The lowest BCUT2D eigenvalue weighted by molar-refractivity contribution is -0.698. The molecule has 2 rings (SSSR count). The van der Waals surface area contributed by atoms with Crippen molar-refractivity contribution in [3.05, 3.63) is 41.5 Å². The van der Waals surface area contributed by atoms with E-state index in [-0.39, 0.29) is 35.9 Å². The maximum atomic E-state index is 12.1. The molecule has 0 saturated heterocycles. The number of hydrogen-bond acceptors (Lipinski definition) is 3. The van der Waals surface area contributed by atoms with Crippen molar-refractivity contribution in [3.8, 4) is 5.75 Å². The number of hydrogen-bond donors (Lipinski definition) is 3. The van der Waals surface area contributed by atoms with Gasteiger partial charge in [0.1, 0.15) is 17.9 Å². The molecule has 1 aliphatic rings. The molecule has 1 aliphatic carbocycles. The molecule has 23 heavy (non-hydrogen) atoms. The second kappa shape index (κ2) is 8.48. The van der Waals surface area contributed by atoms with Crippen LogP contribution in [0.1, 0.15) is 38.9 Å². The molecule has 0 fully saturated rings. The zero-order valence-corrected chi connectivity index (χ0v) is 14.6. The number of phenolic OH excluding ortho intramolecular Hbond substituents is 1. The molecule has 1 aromatic carbocycles. The largest absolute Gasteiger partial charge is 1.00 e. The number of ketones is 1. The quantitative estimate of drug-likeness (QED) is 0.615. The van der Waals surface area contributed by atoms with E-state index in [0.717, 1.165) is 17.6 Å². The van der Waals surface area contributed by atoms with Crippen LogP contribution in [0.15, 0.2) is 35.9 Å². The number of aliphatic hydroxyl groups is 1. The number of rotatable bonds is 5. The van der Waals surface area contributed by atoms with Gasteiger partial charge in [0.2, 0.25) is 0 Å². The molecule has 0 aromatic heterocycles. The Labute approximate surface area is 144 Å². The second-order valence-electron chi connectivity index (χ2n) is 6.55. The molecule has 1 aromatic rings. The Morgan fingerprint density at radius 2 is 1.91 bits per heavy atom. The molecule has 0 bridgehead atoms. The van der Waals surface area contributed by atoms with Gasteiger partial charge >= 0.3 is 0 Å². The summed E-state index contributed by atoms with van der Waals surface area (Å²) in [6.07, 6.45) is 2.12. The number of aromatic hydroxyl groups is 1. The summed E-state index contributed by atoms with van der Waals surface area (Å²) in [5, 5.41) is 21.7. The van der Waals surface area contributed by atoms with Crippen molar-refractivity contribution in [1.29, 1.82) is 0 Å². The Kier molecular flexibility index (Phi) is 7.26. The highest BCUT2D eigenvalue weighted by atomic mass is 35.5. The Morgan fingerprint density at radius 3 is 2.48 bits per heavy atom. The molecule has 4 atom stereocenters. The van der Waals surface area contributed by atoms with Crippen LogP contribution in [-0.4, -0.2) is 28.6 Å². The predicted molar refractivity (Wildman–Crippen MR) is 85.4 cm³/mol. The van der Waals surface area contributed by atoms with E-state index in [1.807, 2.05) is 19.2 Å². The Balaban J connectivity index is 0.00000264. The van der Waals surface area contributed by atoms with Crippen LogP contribution in [0.3, 0.4) is 0 Å². The van der Waals surface area contributed by atoms with Crippen molar-refractivity contribution in [3.63, 3.8) is 0 Å². The SMILES string of the molecule is CC1=CC(=O)C(C[NH2+]C(C)C(O)c2ccc(O)cc2)C(C)C1.[Cl-]. The van der Waals surface area contributed by atoms with E-state index in [0.29, 0.717) is 12.5 Å². The second-order valence-corrected chi connectivity index (χ2v) is 6.55. The minimum Gasteiger partial charge on any atom is -1.00 e. The van der Waals surface area contributed by atoms with Gasteiger partial charge in [0, 0.05) is 0 Å². The average Bonchev–Trinajstić information content (AvgIpc) is 2.46. The number of benzene rings is 1.